The van der Waals surface area contributed by atoms with E-state index in [1.807, 2.05) is 64.1 Å². The Balaban J connectivity index is 1.35. The van der Waals surface area contributed by atoms with Gasteiger partial charge in [0.05, 0.1) is 41.7 Å². The summed E-state index contributed by atoms with van der Waals surface area (Å²) in [5.41, 5.74) is 2.48. The first-order valence-corrected chi connectivity index (χ1v) is 17.4. The van der Waals surface area contributed by atoms with E-state index in [0.717, 1.165) is 24.0 Å². The highest BCUT2D eigenvalue weighted by Gasteiger charge is 2.50. The van der Waals surface area contributed by atoms with Crippen LogP contribution in [-0.2, 0) is 31.9 Å². The second-order valence-corrected chi connectivity index (χ2v) is 14.4. The average Bonchev–Trinajstić information content (AvgIpc) is 3.79. The molecule has 1 aromatic heterocycles. The van der Waals surface area contributed by atoms with Crippen LogP contribution in [0, 0.1) is 5.82 Å². The summed E-state index contributed by atoms with van der Waals surface area (Å²) in [7, 11) is 1.08. The van der Waals surface area contributed by atoms with Crippen LogP contribution in [0.1, 0.15) is 74.4 Å². The molecule has 1 aliphatic heterocycles. The number of fused-ring (bicyclic) bond motifs is 1. The molecule has 1 saturated heterocycles. The molecule has 1 N–H and O–H groups in total. The molecule has 0 bridgehead atoms. The predicted octanol–water partition coefficient (Wildman–Crippen LogP) is 7.14. The van der Waals surface area contributed by atoms with Crippen molar-refractivity contribution in [2.45, 2.75) is 83.1 Å². The third kappa shape index (κ3) is 7.23. The van der Waals surface area contributed by atoms with Gasteiger partial charge in [0.1, 0.15) is 17.2 Å². The second kappa shape index (κ2) is 13.8. The molecule has 3 aromatic carbocycles. The molecular formula is C36H41BFN2O7S-. The Bertz CT molecular complexity index is 1780. The summed E-state index contributed by atoms with van der Waals surface area (Å²) in [5.74, 6) is -0.357. The average molecular weight is 676 g/mol. The number of carbonyl (C=O) groups excluding carboxylic acids is 1. The fourth-order valence-electron chi connectivity index (χ4n) is 6.09. The number of ether oxygens (including phenoxy) is 1. The van der Waals surface area contributed by atoms with Gasteiger partial charge in [-0.2, -0.15) is 0 Å². The molecule has 2 aliphatic rings. The Morgan fingerprint density at radius 1 is 1.08 bits per heavy atom. The summed E-state index contributed by atoms with van der Waals surface area (Å²) < 4.78 is 66.3. The largest absolute Gasteiger partial charge is 0.755 e. The van der Waals surface area contributed by atoms with Crippen molar-refractivity contribution in [3.05, 3.63) is 89.2 Å². The lowest BCUT2D eigenvalue weighted by atomic mass is 9.82. The minimum absolute atomic E-state index is 0.0432. The van der Waals surface area contributed by atoms with Gasteiger partial charge < -0.3 is 28.3 Å². The highest BCUT2D eigenvalue weighted by molar-refractivity contribution is 7.80. The monoisotopic (exact) mass is 675 g/mol. The number of nitrogens with one attached hydrogen (secondary N) is 1. The van der Waals surface area contributed by atoms with Crippen LogP contribution in [0.4, 0.5) is 10.1 Å². The van der Waals surface area contributed by atoms with Gasteiger partial charge >= 0.3 is 7.12 Å². The first-order chi connectivity index (χ1) is 22.9. The lowest BCUT2D eigenvalue weighted by Crippen LogP contribution is -2.41. The Labute approximate surface area is 283 Å². The quantitative estimate of drug-likeness (QED) is 0.118. The minimum atomic E-state index is -2.66. The Morgan fingerprint density at radius 2 is 1.75 bits per heavy atom. The van der Waals surface area contributed by atoms with Crippen LogP contribution in [0.5, 0.6) is 0 Å². The van der Waals surface area contributed by atoms with Crippen LogP contribution < -0.4 is 9.62 Å². The normalized spacial score (nSPS) is 18.2. The molecule has 48 heavy (non-hydrogen) atoms. The van der Waals surface area contributed by atoms with E-state index in [1.165, 1.54) is 23.5 Å². The summed E-state index contributed by atoms with van der Waals surface area (Å²) in [4.78, 5) is 13.2. The third-order valence-corrected chi connectivity index (χ3v) is 10.3. The number of carbonyl (C=O) groups is 1. The van der Waals surface area contributed by atoms with Crippen molar-refractivity contribution in [3.8, 4) is 11.3 Å². The molecule has 2 unspecified atom stereocenters. The van der Waals surface area contributed by atoms with Gasteiger partial charge in [-0.1, -0.05) is 30.3 Å². The molecule has 4 aromatic rings. The van der Waals surface area contributed by atoms with Gasteiger partial charge in [-0.15, -0.1) is 0 Å². The molecule has 1 aliphatic carbocycles. The Kier molecular flexibility index (Phi) is 9.84. The van der Waals surface area contributed by atoms with E-state index in [4.69, 9.17) is 18.5 Å². The highest BCUT2D eigenvalue weighted by atomic mass is 32.2. The van der Waals surface area contributed by atoms with E-state index >= 15 is 0 Å². The van der Waals surface area contributed by atoms with E-state index in [-0.39, 0.29) is 24.1 Å². The number of halogens is 1. The number of benzene rings is 3. The zero-order chi connectivity index (χ0) is 34.2. The van der Waals surface area contributed by atoms with Gasteiger partial charge in [0, 0.05) is 35.3 Å². The molecule has 12 heteroatoms. The van der Waals surface area contributed by atoms with Crippen LogP contribution in [0.2, 0.25) is 6.32 Å². The molecule has 2 atom stereocenters. The maximum Gasteiger partial charge on any atom is 0.457 e. The van der Waals surface area contributed by atoms with E-state index in [9.17, 15) is 17.9 Å². The molecule has 1 saturated carbocycles. The fraction of sp³-hybridized carbons (Fsp3) is 0.417. The molecule has 254 valence electrons. The zero-order valence-electron chi connectivity index (χ0n) is 27.9. The van der Waals surface area contributed by atoms with Crippen LogP contribution in [0.3, 0.4) is 0 Å². The maximum absolute atomic E-state index is 13.8. The van der Waals surface area contributed by atoms with Crippen molar-refractivity contribution < 1.29 is 36.4 Å². The predicted molar refractivity (Wildman–Crippen MR) is 184 cm³/mol. The van der Waals surface area contributed by atoms with Crippen molar-refractivity contribution >= 4 is 40.9 Å². The van der Waals surface area contributed by atoms with Gasteiger partial charge in [0.2, 0.25) is 0 Å². The maximum atomic E-state index is 13.8. The molecule has 0 radical (unpaired) electrons. The van der Waals surface area contributed by atoms with E-state index < -0.39 is 41.5 Å². The molecule has 2 fully saturated rings. The van der Waals surface area contributed by atoms with E-state index in [2.05, 4.69) is 5.32 Å². The summed E-state index contributed by atoms with van der Waals surface area (Å²) >= 11 is -2.66. The standard InChI is InChI=1S/C36H42BFN2O7S/c1-35(2)36(3,4)47-37(46-35)18-17-27(44-22-23-9-7-6-8-10-23)21-40(48(42)43)30-20-31-29(19-28(30)24-11-12-24)32(34(41)39-5)33(45-31)25-13-15-26(38)16-14-25/h6-10,13-16,19-20,24,27H,11-12,17-18,21-22H2,1-5H3,(H,39,41)(H,42,43)/p-1. The molecule has 6 rings (SSSR count). The zero-order valence-corrected chi connectivity index (χ0v) is 28.7. The SMILES string of the molecule is CNC(=O)c1c(-c2ccc(F)cc2)oc2cc(N(CC(CCB3OC(C)(C)C(C)(C)O3)OCc3ccccc3)S(=O)[O-])c(C3CC3)cc12. The Morgan fingerprint density at radius 3 is 2.35 bits per heavy atom. The first-order valence-electron chi connectivity index (χ1n) is 16.3. The molecule has 9 nitrogen and oxygen atoms in total. The van der Waals surface area contributed by atoms with Gasteiger partial charge in [-0.05, 0) is 101 Å². The second-order valence-electron chi connectivity index (χ2n) is 13.5. The van der Waals surface area contributed by atoms with Crippen molar-refractivity contribution in [1.29, 1.82) is 0 Å². The molecular weight excluding hydrogens is 634 g/mol. The van der Waals surface area contributed by atoms with Crippen molar-refractivity contribution in [2.24, 2.45) is 0 Å². The van der Waals surface area contributed by atoms with Gasteiger partial charge in [-0.3, -0.25) is 13.3 Å². The summed E-state index contributed by atoms with van der Waals surface area (Å²) in [6, 6.07) is 19.0. The number of rotatable bonds is 13. The number of anilines is 1. The number of hydrogen-bond acceptors (Lipinski definition) is 7. The topological polar surface area (TPSA) is 113 Å². The van der Waals surface area contributed by atoms with Crippen molar-refractivity contribution in [2.75, 3.05) is 17.9 Å². The summed E-state index contributed by atoms with van der Waals surface area (Å²) in [5, 5.41) is 3.25. The van der Waals surface area contributed by atoms with E-state index in [0.29, 0.717) is 47.1 Å². The molecule has 2 heterocycles. The molecule has 0 spiro atoms. The summed E-state index contributed by atoms with van der Waals surface area (Å²) in [6.45, 7) is 8.35. The van der Waals surface area contributed by atoms with Crippen LogP contribution in [-0.4, -0.2) is 52.7 Å². The van der Waals surface area contributed by atoms with Crippen LogP contribution in [0.25, 0.3) is 22.3 Å². The van der Waals surface area contributed by atoms with Gasteiger partial charge in [-0.25, -0.2) is 4.39 Å². The fourth-order valence-corrected chi connectivity index (χ4v) is 6.69. The lowest BCUT2D eigenvalue weighted by molar-refractivity contribution is 0.00578. The molecule has 1 amide bonds. The van der Waals surface area contributed by atoms with Crippen LogP contribution in [0.15, 0.2) is 71.1 Å². The third-order valence-electron chi connectivity index (χ3n) is 9.59. The van der Waals surface area contributed by atoms with Crippen LogP contribution >= 0.6 is 0 Å². The van der Waals surface area contributed by atoms with Crippen molar-refractivity contribution in [1.82, 2.24) is 5.32 Å². The number of nitrogens with zero attached hydrogens (tertiary/aromatic N) is 1. The van der Waals surface area contributed by atoms with Gasteiger partial charge in [0.15, 0.2) is 0 Å². The number of amides is 1. The smallest absolute Gasteiger partial charge is 0.457 e. The van der Waals surface area contributed by atoms with Crippen molar-refractivity contribution in [3.63, 3.8) is 0 Å². The van der Waals surface area contributed by atoms with E-state index in [1.54, 1.807) is 18.2 Å². The Hall–Kier alpha value is -3.55. The lowest BCUT2D eigenvalue weighted by Gasteiger charge is -2.32. The van der Waals surface area contributed by atoms with Gasteiger partial charge in [0.25, 0.3) is 5.91 Å². The minimum Gasteiger partial charge on any atom is -0.755 e. The number of furan rings is 1. The highest BCUT2D eigenvalue weighted by Crippen LogP contribution is 2.48. The number of hydrogen-bond donors (Lipinski definition) is 1. The summed E-state index contributed by atoms with van der Waals surface area (Å²) in [6.07, 6.45) is 2.28. The first kappa shape index (κ1) is 34.3.